The van der Waals surface area contributed by atoms with Crippen LogP contribution in [0.15, 0.2) is 53.3 Å². The number of ether oxygens (including phenoxy) is 2. The van der Waals surface area contributed by atoms with Crippen molar-refractivity contribution >= 4 is 34.2 Å². The van der Waals surface area contributed by atoms with Gasteiger partial charge in [-0.3, -0.25) is 4.79 Å². The molecule has 1 unspecified atom stereocenters. The third kappa shape index (κ3) is 5.04. The molecule has 1 atom stereocenters. The molecule has 1 fully saturated rings. The maximum atomic E-state index is 13.9. The van der Waals surface area contributed by atoms with E-state index in [9.17, 15) is 4.79 Å². The van der Waals surface area contributed by atoms with E-state index in [1.807, 2.05) is 43.0 Å². The van der Waals surface area contributed by atoms with Gasteiger partial charge in [-0.1, -0.05) is 13.8 Å². The zero-order chi connectivity index (χ0) is 28.5. The Morgan fingerprint density at radius 1 is 1.05 bits per heavy atom. The molecule has 5 aromatic rings. The highest BCUT2D eigenvalue weighted by molar-refractivity contribution is 5.92. The monoisotopic (exact) mass is 559 g/mol. The van der Waals surface area contributed by atoms with E-state index in [0.717, 1.165) is 24.5 Å². The van der Waals surface area contributed by atoms with Crippen LogP contribution in [-0.2, 0) is 9.53 Å². The maximum absolute atomic E-state index is 13.9. The average molecular weight is 560 g/mol. The van der Waals surface area contributed by atoms with Crippen molar-refractivity contribution in [2.45, 2.75) is 19.9 Å². The van der Waals surface area contributed by atoms with Gasteiger partial charge in [-0.05, 0) is 42.3 Å². The van der Waals surface area contributed by atoms with Gasteiger partial charge in [0.05, 0.1) is 24.5 Å². The van der Waals surface area contributed by atoms with Crippen molar-refractivity contribution in [3.63, 3.8) is 0 Å². The minimum Gasteiger partial charge on any atom is -0.491 e. The highest BCUT2D eigenvalue weighted by atomic mass is 16.5. The summed E-state index contributed by atoms with van der Waals surface area (Å²) < 4.78 is 19.3. The molecule has 2 N–H and O–H groups in total. The molecule has 0 saturated carbocycles. The smallest absolute Gasteiger partial charge is 0.247 e. The van der Waals surface area contributed by atoms with E-state index in [0.29, 0.717) is 54.6 Å². The third-order valence-corrected chi connectivity index (χ3v) is 7.29. The quantitative estimate of drug-likeness (QED) is 0.268. The van der Waals surface area contributed by atoms with Crippen LogP contribution in [0.2, 0.25) is 0 Å². The number of hydrogen-bond acceptors (Lipinski definition) is 10. The fourth-order valence-corrected chi connectivity index (χ4v) is 5.18. The van der Waals surface area contributed by atoms with Crippen LogP contribution in [0, 0.1) is 5.92 Å². The first-order valence-corrected chi connectivity index (χ1v) is 13.6. The number of fused-ring (bicyclic) bond motifs is 3. The summed E-state index contributed by atoms with van der Waals surface area (Å²) >= 11 is 0. The SMILES string of the molecule is COCCOc1ccc(N2CCN(C(=O)C(C(C)C)n3ncc4c3nc(N)n3nc(-c5ccco5)nc43)CC2)cc1. The second kappa shape index (κ2) is 11.1. The Bertz CT molecular complexity index is 1630. The van der Waals surface area contributed by atoms with Gasteiger partial charge in [0, 0.05) is 39.0 Å². The first-order valence-electron chi connectivity index (χ1n) is 13.6. The van der Waals surface area contributed by atoms with Crippen molar-refractivity contribution in [1.29, 1.82) is 0 Å². The van der Waals surface area contributed by atoms with Crippen LogP contribution < -0.4 is 15.4 Å². The van der Waals surface area contributed by atoms with E-state index >= 15 is 0 Å². The van der Waals surface area contributed by atoms with Crippen LogP contribution in [0.3, 0.4) is 0 Å². The molecule has 1 aromatic carbocycles. The summed E-state index contributed by atoms with van der Waals surface area (Å²) in [5.74, 6) is 1.84. The minimum absolute atomic E-state index is 0.00419. The highest BCUT2D eigenvalue weighted by Crippen LogP contribution is 2.29. The Morgan fingerprint density at radius 2 is 1.83 bits per heavy atom. The highest BCUT2D eigenvalue weighted by Gasteiger charge is 2.33. The van der Waals surface area contributed by atoms with Crippen LogP contribution in [0.4, 0.5) is 11.6 Å². The summed E-state index contributed by atoms with van der Waals surface area (Å²) in [6, 6.07) is 11.0. The van der Waals surface area contributed by atoms with Gasteiger partial charge in [0.25, 0.3) is 0 Å². The Kier molecular flexibility index (Phi) is 7.18. The molecule has 41 heavy (non-hydrogen) atoms. The van der Waals surface area contributed by atoms with Gasteiger partial charge >= 0.3 is 0 Å². The minimum atomic E-state index is -0.551. The standard InChI is InChI=1S/C28H33N9O4/c1-18(2)23(27(38)35-12-10-34(11-13-35)19-6-8-20(9-7-19)40-16-15-39-3)36-26-21(17-30-36)25-31-24(22-5-4-14-41-22)33-37(25)28(29)32-26/h4-9,14,17-18,23H,10-13,15-16H2,1-3H3,(H2,29,32). The molecule has 0 aliphatic carbocycles. The molecular formula is C28H33N9O4. The number of benzene rings is 1. The maximum Gasteiger partial charge on any atom is 0.247 e. The fraction of sp³-hybridized carbons (Fsp3) is 0.393. The van der Waals surface area contributed by atoms with E-state index in [-0.39, 0.29) is 17.8 Å². The topological polar surface area (TPSA) is 142 Å². The molecule has 1 aliphatic rings. The van der Waals surface area contributed by atoms with Gasteiger partial charge in [-0.15, -0.1) is 5.10 Å². The molecule has 6 rings (SSSR count). The third-order valence-electron chi connectivity index (χ3n) is 7.29. The van der Waals surface area contributed by atoms with Crippen molar-refractivity contribution in [1.82, 2.24) is 34.3 Å². The summed E-state index contributed by atoms with van der Waals surface area (Å²) in [5.41, 5.74) is 8.38. The number of anilines is 2. The predicted octanol–water partition coefficient (Wildman–Crippen LogP) is 2.89. The fourth-order valence-electron chi connectivity index (χ4n) is 5.18. The van der Waals surface area contributed by atoms with Gasteiger partial charge in [0.2, 0.25) is 17.7 Å². The summed E-state index contributed by atoms with van der Waals surface area (Å²) in [7, 11) is 1.65. The van der Waals surface area contributed by atoms with Crippen LogP contribution in [0.25, 0.3) is 28.3 Å². The van der Waals surface area contributed by atoms with Gasteiger partial charge in [0.1, 0.15) is 18.4 Å². The number of nitrogen functional groups attached to an aromatic ring is 1. The molecule has 4 aromatic heterocycles. The molecule has 5 heterocycles. The predicted molar refractivity (Wildman–Crippen MR) is 153 cm³/mol. The molecule has 214 valence electrons. The Labute approximate surface area is 236 Å². The average Bonchev–Trinajstić information content (AvgIpc) is 3.74. The van der Waals surface area contributed by atoms with Gasteiger partial charge in [-0.2, -0.15) is 14.6 Å². The van der Waals surface area contributed by atoms with Gasteiger partial charge in [-0.25, -0.2) is 9.67 Å². The first kappa shape index (κ1) is 26.6. The van der Waals surface area contributed by atoms with Gasteiger partial charge < -0.3 is 29.4 Å². The number of rotatable bonds is 9. The Morgan fingerprint density at radius 3 is 2.51 bits per heavy atom. The van der Waals surface area contributed by atoms with Crippen LogP contribution in [0.5, 0.6) is 5.75 Å². The second-order valence-corrected chi connectivity index (χ2v) is 10.3. The number of piperazine rings is 1. The van der Waals surface area contributed by atoms with Crippen molar-refractivity contribution in [3.8, 4) is 17.3 Å². The second-order valence-electron chi connectivity index (χ2n) is 10.3. The lowest BCUT2D eigenvalue weighted by Crippen LogP contribution is -2.51. The van der Waals surface area contributed by atoms with E-state index in [1.165, 1.54) is 4.52 Å². The van der Waals surface area contributed by atoms with Crippen LogP contribution in [0.1, 0.15) is 19.9 Å². The summed E-state index contributed by atoms with van der Waals surface area (Å²) in [5, 5.41) is 9.72. The normalized spacial score (nSPS) is 14.8. The van der Waals surface area contributed by atoms with Crippen LogP contribution >= 0.6 is 0 Å². The number of aromatic nitrogens is 6. The molecule has 1 aliphatic heterocycles. The van der Waals surface area contributed by atoms with E-state index < -0.39 is 6.04 Å². The molecule has 13 heteroatoms. The lowest BCUT2D eigenvalue weighted by atomic mass is 10.0. The molecule has 13 nitrogen and oxygen atoms in total. The van der Waals surface area contributed by atoms with Crippen molar-refractivity contribution in [2.75, 3.05) is 57.1 Å². The molecule has 1 amide bonds. The lowest BCUT2D eigenvalue weighted by molar-refractivity contribution is -0.136. The number of amides is 1. The van der Waals surface area contributed by atoms with E-state index in [4.69, 9.17) is 19.6 Å². The van der Waals surface area contributed by atoms with Crippen molar-refractivity contribution < 1.29 is 18.7 Å². The number of furan rings is 1. The number of nitrogens with zero attached hydrogens (tertiary/aromatic N) is 8. The first-order chi connectivity index (χ1) is 19.9. The van der Waals surface area contributed by atoms with E-state index in [1.54, 1.807) is 36.4 Å². The van der Waals surface area contributed by atoms with Crippen molar-refractivity contribution in [2.24, 2.45) is 5.92 Å². The summed E-state index contributed by atoms with van der Waals surface area (Å²) in [4.78, 5) is 27.3. The molecule has 0 radical (unpaired) electrons. The zero-order valence-electron chi connectivity index (χ0n) is 23.3. The zero-order valence-corrected chi connectivity index (χ0v) is 23.3. The van der Waals surface area contributed by atoms with Crippen molar-refractivity contribution in [3.05, 3.63) is 48.9 Å². The molecule has 1 saturated heterocycles. The molecular weight excluding hydrogens is 526 g/mol. The summed E-state index contributed by atoms with van der Waals surface area (Å²) in [6.07, 6.45) is 3.23. The van der Waals surface area contributed by atoms with Gasteiger partial charge in [0.15, 0.2) is 17.1 Å². The molecule has 0 bridgehead atoms. The number of carbonyl (C=O) groups is 1. The van der Waals surface area contributed by atoms with Crippen LogP contribution in [-0.4, -0.2) is 86.7 Å². The largest absolute Gasteiger partial charge is 0.491 e. The Hall–Kier alpha value is -4.65. The summed E-state index contributed by atoms with van der Waals surface area (Å²) in [6.45, 7) is 7.73. The number of nitrogens with two attached hydrogens (primary N) is 1. The lowest BCUT2D eigenvalue weighted by Gasteiger charge is -2.38. The number of hydrogen-bond donors (Lipinski definition) is 1. The number of methoxy groups -OCH3 is 1. The van der Waals surface area contributed by atoms with E-state index in [2.05, 4.69) is 25.1 Å². The molecule has 0 spiro atoms. The Balaban J connectivity index is 1.20. The number of carbonyl (C=O) groups excluding carboxylic acids is 1.